The lowest BCUT2D eigenvalue weighted by molar-refractivity contribution is -0.156. The van der Waals surface area contributed by atoms with E-state index in [1.807, 2.05) is 0 Å². The molecule has 2 amide bonds. The highest BCUT2D eigenvalue weighted by Crippen LogP contribution is 2.35. The first-order valence-electron chi connectivity index (χ1n) is 6.50. The predicted octanol–water partition coefficient (Wildman–Crippen LogP) is 3.51. The normalized spacial score (nSPS) is 13.8. The number of alkyl halides is 3. The highest BCUT2D eigenvalue weighted by atomic mass is 19.4. The number of halogens is 5. The molecule has 1 aromatic rings. The third-order valence-corrected chi connectivity index (χ3v) is 3.25. The summed E-state index contributed by atoms with van der Waals surface area (Å²) in [5.74, 6) is -2.83. The smallest absolute Gasteiger partial charge is 0.324 e. The molecule has 0 unspecified atom stereocenters. The number of amides is 2. The number of rotatable bonds is 4. The number of carbonyl (C=O) groups is 1. The summed E-state index contributed by atoms with van der Waals surface area (Å²) in [6.07, 6.45) is -5.20. The minimum Gasteiger partial charge on any atom is -0.324 e. The molecule has 0 fully saturated rings. The molecule has 1 aromatic carbocycles. The van der Waals surface area contributed by atoms with Gasteiger partial charge in [-0.05, 0) is 19.1 Å². The molecule has 9 heteroatoms. The fourth-order valence-electron chi connectivity index (χ4n) is 1.80. The Bertz CT molecular complexity index is 591. The van der Waals surface area contributed by atoms with E-state index in [0.29, 0.717) is 12.1 Å². The second kappa shape index (κ2) is 7.26. The Kier molecular flexibility index (Phi) is 5.90. The van der Waals surface area contributed by atoms with Crippen molar-refractivity contribution in [1.29, 1.82) is 5.26 Å². The molecule has 23 heavy (non-hydrogen) atoms. The lowest BCUT2D eigenvalue weighted by Gasteiger charge is -2.28. The monoisotopic (exact) mass is 335 g/mol. The van der Waals surface area contributed by atoms with Gasteiger partial charge in [-0.25, -0.2) is 13.6 Å². The van der Waals surface area contributed by atoms with Crippen LogP contribution in [0.1, 0.15) is 24.9 Å². The fourth-order valence-corrected chi connectivity index (χ4v) is 1.80. The molecule has 0 aliphatic carbocycles. The van der Waals surface area contributed by atoms with Crippen molar-refractivity contribution < 1.29 is 26.7 Å². The van der Waals surface area contributed by atoms with Crippen molar-refractivity contribution in [3.63, 3.8) is 0 Å². The van der Waals surface area contributed by atoms with E-state index in [1.54, 1.807) is 11.4 Å². The molecular formula is C14H14F5N3O. The van der Waals surface area contributed by atoms with Gasteiger partial charge >= 0.3 is 12.2 Å². The zero-order chi connectivity index (χ0) is 17.8. The highest BCUT2D eigenvalue weighted by Gasteiger charge is 2.45. The van der Waals surface area contributed by atoms with Crippen molar-refractivity contribution >= 4 is 6.03 Å². The summed E-state index contributed by atoms with van der Waals surface area (Å²) in [7, 11) is 1.18. The molecular weight excluding hydrogens is 321 g/mol. The van der Waals surface area contributed by atoms with Crippen molar-refractivity contribution in [2.45, 2.75) is 31.6 Å². The summed E-state index contributed by atoms with van der Waals surface area (Å²) in [6.45, 7) is 1.45. The molecule has 1 rings (SSSR count). The van der Waals surface area contributed by atoms with E-state index in [1.165, 1.54) is 14.0 Å². The Hall–Kier alpha value is -2.37. The molecule has 1 N–H and O–H groups in total. The van der Waals surface area contributed by atoms with Crippen molar-refractivity contribution in [1.82, 2.24) is 10.2 Å². The van der Waals surface area contributed by atoms with Gasteiger partial charge in [0.25, 0.3) is 0 Å². The maximum atomic E-state index is 13.6. The number of nitriles is 1. The van der Waals surface area contributed by atoms with E-state index in [-0.39, 0.29) is 6.42 Å². The van der Waals surface area contributed by atoms with Gasteiger partial charge in [0.2, 0.25) is 0 Å². The fraction of sp³-hybridized carbons (Fsp3) is 0.429. The first-order valence-corrected chi connectivity index (χ1v) is 6.50. The van der Waals surface area contributed by atoms with Gasteiger partial charge in [-0.2, -0.15) is 18.4 Å². The zero-order valence-corrected chi connectivity index (χ0v) is 12.3. The molecule has 0 aromatic heterocycles. The van der Waals surface area contributed by atoms with Crippen LogP contribution in [0.3, 0.4) is 0 Å². The molecule has 0 aliphatic heterocycles. The van der Waals surface area contributed by atoms with Crippen LogP contribution in [0, 0.1) is 23.0 Å². The Labute approximate surface area is 129 Å². The number of nitrogens with zero attached hydrogens (tertiary/aromatic N) is 2. The third kappa shape index (κ3) is 4.55. The Balaban J connectivity index is 3.11. The summed E-state index contributed by atoms with van der Waals surface area (Å²) >= 11 is 0. The number of nitrogens with one attached hydrogen (secondary N) is 1. The SMILES string of the molecule is C[C@@H](CC#N)N(C)C(=O)N[C@H](c1c(F)cccc1F)C(F)(F)F. The van der Waals surface area contributed by atoms with Gasteiger partial charge in [-0.3, -0.25) is 0 Å². The predicted molar refractivity (Wildman–Crippen MR) is 71.1 cm³/mol. The Morgan fingerprint density at radius 3 is 2.30 bits per heavy atom. The molecule has 0 aliphatic rings. The number of carbonyl (C=O) groups excluding carboxylic acids is 1. The topological polar surface area (TPSA) is 56.1 Å². The lowest BCUT2D eigenvalue weighted by atomic mass is 10.0. The molecule has 0 bridgehead atoms. The molecule has 0 saturated heterocycles. The van der Waals surface area contributed by atoms with Crippen LogP contribution in [0.4, 0.5) is 26.7 Å². The van der Waals surface area contributed by atoms with Gasteiger partial charge in [0.05, 0.1) is 18.1 Å². The molecule has 0 heterocycles. The van der Waals surface area contributed by atoms with E-state index in [0.717, 1.165) is 11.0 Å². The average molecular weight is 335 g/mol. The average Bonchev–Trinajstić information content (AvgIpc) is 2.44. The minimum atomic E-state index is -5.10. The van der Waals surface area contributed by atoms with E-state index in [2.05, 4.69) is 0 Å². The van der Waals surface area contributed by atoms with Gasteiger partial charge in [0.15, 0.2) is 6.04 Å². The van der Waals surface area contributed by atoms with E-state index in [4.69, 9.17) is 5.26 Å². The third-order valence-electron chi connectivity index (χ3n) is 3.25. The molecule has 4 nitrogen and oxygen atoms in total. The lowest BCUT2D eigenvalue weighted by Crippen LogP contribution is -2.47. The minimum absolute atomic E-state index is 0.103. The first-order chi connectivity index (χ1) is 10.6. The standard InChI is InChI=1S/C14H14F5N3O/c1-8(6-7-20)22(2)13(23)21-12(14(17,18)19)11-9(15)4-3-5-10(11)16/h3-5,8,12H,6H2,1-2H3,(H,21,23)/t8-,12+/m0/s1. The maximum Gasteiger partial charge on any atom is 0.413 e. The van der Waals surface area contributed by atoms with Crippen LogP contribution < -0.4 is 5.32 Å². The second-order valence-corrected chi connectivity index (χ2v) is 4.88. The van der Waals surface area contributed by atoms with Crippen LogP contribution in [0.2, 0.25) is 0 Å². The van der Waals surface area contributed by atoms with E-state index in [9.17, 15) is 26.7 Å². The van der Waals surface area contributed by atoms with Gasteiger partial charge in [0.1, 0.15) is 11.6 Å². The summed E-state index contributed by atoms with van der Waals surface area (Å²) < 4.78 is 66.6. The van der Waals surface area contributed by atoms with Crippen LogP contribution in [-0.4, -0.2) is 30.2 Å². The van der Waals surface area contributed by atoms with Crippen LogP contribution in [-0.2, 0) is 0 Å². The molecule has 0 spiro atoms. The molecule has 126 valence electrons. The first kappa shape index (κ1) is 18.7. The molecule has 2 atom stereocenters. The summed E-state index contributed by atoms with van der Waals surface area (Å²) in [5, 5.41) is 10.1. The number of hydrogen-bond acceptors (Lipinski definition) is 2. The Morgan fingerprint density at radius 2 is 1.87 bits per heavy atom. The largest absolute Gasteiger partial charge is 0.413 e. The molecule has 0 radical (unpaired) electrons. The number of hydrogen-bond donors (Lipinski definition) is 1. The van der Waals surface area contributed by atoms with Crippen molar-refractivity contribution in [3.05, 3.63) is 35.4 Å². The maximum absolute atomic E-state index is 13.6. The van der Waals surface area contributed by atoms with E-state index >= 15 is 0 Å². The van der Waals surface area contributed by atoms with Gasteiger partial charge in [0, 0.05) is 13.1 Å². The van der Waals surface area contributed by atoms with Crippen LogP contribution in [0.15, 0.2) is 18.2 Å². The zero-order valence-electron chi connectivity index (χ0n) is 12.3. The van der Waals surface area contributed by atoms with E-state index < -0.39 is 41.5 Å². The second-order valence-electron chi connectivity index (χ2n) is 4.88. The quantitative estimate of drug-likeness (QED) is 0.856. The van der Waals surface area contributed by atoms with Crippen LogP contribution >= 0.6 is 0 Å². The van der Waals surface area contributed by atoms with Crippen LogP contribution in [0.25, 0.3) is 0 Å². The summed E-state index contributed by atoms with van der Waals surface area (Å²) in [5.41, 5.74) is -1.28. The summed E-state index contributed by atoms with van der Waals surface area (Å²) in [6, 6.07) is -0.666. The number of benzene rings is 1. The van der Waals surface area contributed by atoms with Crippen molar-refractivity contribution in [2.75, 3.05) is 7.05 Å². The summed E-state index contributed by atoms with van der Waals surface area (Å²) in [4.78, 5) is 12.7. The van der Waals surface area contributed by atoms with Crippen LogP contribution in [0.5, 0.6) is 0 Å². The highest BCUT2D eigenvalue weighted by molar-refractivity contribution is 5.75. The van der Waals surface area contributed by atoms with Crippen molar-refractivity contribution in [2.24, 2.45) is 0 Å². The van der Waals surface area contributed by atoms with Gasteiger partial charge in [-0.1, -0.05) is 6.07 Å². The molecule has 0 saturated carbocycles. The van der Waals surface area contributed by atoms with Gasteiger partial charge < -0.3 is 10.2 Å². The Morgan fingerprint density at radius 1 is 1.35 bits per heavy atom. The van der Waals surface area contributed by atoms with Gasteiger partial charge in [-0.15, -0.1) is 0 Å². The van der Waals surface area contributed by atoms with Crippen molar-refractivity contribution in [3.8, 4) is 6.07 Å². The number of urea groups is 1.